The Morgan fingerprint density at radius 3 is 2.35 bits per heavy atom. The van der Waals surface area contributed by atoms with Gasteiger partial charge in [0.25, 0.3) is 5.91 Å². The highest BCUT2D eigenvalue weighted by Crippen LogP contribution is 2.12. The second-order valence-corrected chi connectivity index (χ2v) is 6.76. The summed E-state index contributed by atoms with van der Waals surface area (Å²) < 4.78 is 0. The first kappa shape index (κ1) is 16.9. The zero-order valence-corrected chi connectivity index (χ0v) is 14.4. The number of hydrogen-bond acceptors (Lipinski definition) is 4. The molecule has 1 heterocycles. The van der Waals surface area contributed by atoms with Gasteiger partial charge < -0.3 is 10.6 Å². The summed E-state index contributed by atoms with van der Waals surface area (Å²) in [6, 6.07) is 9.77. The summed E-state index contributed by atoms with van der Waals surface area (Å²) in [5.74, 6) is 0.269. The van der Waals surface area contributed by atoms with Gasteiger partial charge in [0.15, 0.2) is 0 Å². The number of aryl methyl sites for hydroxylation is 2. The van der Waals surface area contributed by atoms with Crippen molar-refractivity contribution in [3.05, 3.63) is 52.8 Å². The van der Waals surface area contributed by atoms with Crippen LogP contribution in [-0.2, 0) is 6.54 Å². The zero-order chi connectivity index (χ0) is 17.0. The SMILES string of the molecule is Cc1ccc(CNC(=O)c2cc(C)nc(NC(C)(C)C)n2)cc1. The van der Waals surface area contributed by atoms with E-state index in [2.05, 4.69) is 20.6 Å². The number of amides is 1. The van der Waals surface area contributed by atoms with Gasteiger partial charge in [-0.25, -0.2) is 9.97 Å². The number of aromatic nitrogens is 2. The minimum absolute atomic E-state index is 0.163. The van der Waals surface area contributed by atoms with Gasteiger partial charge in [-0.05, 0) is 46.2 Å². The van der Waals surface area contributed by atoms with Gasteiger partial charge in [-0.2, -0.15) is 0 Å². The van der Waals surface area contributed by atoms with Crippen LogP contribution in [0.3, 0.4) is 0 Å². The van der Waals surface area contributed by atoms with Crippen molar-refractivity contribution in [2.45, 2.75) is 46.7 Å². The van der Waals surface area contributed by atoms with E-state index >= 15 is 0 Å². The van der Waals surface area contributed by atoms with Crippen LogP contribution in [0.1, 0.15) is 48.1 Å². The molecule has 5 nitrogen and oxygen atoms in total. The maximum absolute atomic E-state index is 12.3. The van der Waals surface area contributed by atoms with E-state index < -0.39 is 0 Å². The molecule has 1 aromatic carbocycles. The van der Waals surface area contributed by atoms with E-state index in [9.17, 15) is 4.79 Å². The van der Waals surface area contributed by atoms with Gasteiger partial charge in [-0.1, -0.05) is 29.8 Å². The molecule has 5 heteroatoms. The van der Waals surface area contributed by atoms with Crippen molar-refractivity contribution >= 4 is 11.9 Å². The predicted molar refractivity (Wildman–Crippen MR) is 92.5 cm³/mol. The Labute approximate surface area is 137 Å². The highest BCUT2D eigenvalue weighted by Gasteiger charge is 2.15. The molecule has 2 rings (SSSR count). The lowest BCUT2D eigenvalue weighted by atomic mass is 10.1. The van der Waals surface area contributed by atoms with E-state index in [0.717, 1.165) is 11.3 Å². The summed E-state index contributed by atoms with van der Waals surface area (Å²) >= 11 is 0. The van der Waals surface area contributed by atoms with E-state index in [1.807, 2.05) is 58.9 Å². The number of rotatable bonds is 4. The molecule has 0 unspecified atom stereocenters. The molecule has 23 heavy (non-hydrogen) atoms. The summed E-state index contributed by atoms with van der Waals surface area (Å²) in [7, 11) is 0. The van der Waals surface area contributed by atoms with Crippen molar-refractivity contribution in [2.75, 3.05) is 5.32 Å². The lowest BCUT2D eigenvalue weighted by molar-refractivity contribution is 0.0945. The summed E-state index contributed by atoms with van der Waals surface area (Å²) in [5.41, 5.74) is 3.22. The molecule has 122 valence electrons. The number of anilines is 1. The molecular formula is C18H24N4O. The fraction of sp³-hybridized carbons (Fsp3) is 0.389. The molecule has 0 aliphatic carbocycles. The van der Waals surface area contributed by atoms with Crippen LogP contribution in [0.25, 0.3) is 0 Å². The first-order valence-corrected chi connectivity index (χ1v) is 7.70. The maximum atomic E-state index is 12.3. The van der Waals surface area contributed by atoms with Crippen molar-refractivity contribution < 1.29 is 4.79 Å². The third kappa shape index (κ3) is 5.36. The average Bonchev–Trinajstić information content (AvgIpc) is 2.44. The Morgan fingerprint density at radius 1 is 1.09 bits per heavy atom. The second kappa shape index (κ2) is 6.77. The van der Waals surface area contributed by atoms with Gasteiger partial charge in [-0.15, -0.1) is 0 Å². The first-order chi connectivity index (χ1) is 10.7. The molecule has 0 saturated heterocycles. The Balaban J connectivity index is 2.08. The molecule has 2 N–H and O–H groups in total. The molecule has 0 bridgehead atoms. The van der Waals surface area contributed by atoms with Crippen LogP contribution in [0.15, 0.2) is 30.3 Å². The van der Waals surface area contributed by atoms with Gasteiger partial charge in [-0.3, -0.25) is 4.79 Å². The molecule has 0 atom stereocenters. The Morgan fingerprint density at radius 2 is 1.74 bits per heavy atom. The van der Waals surface area contributed by atoms with Crippen LogP contribution in [0, 0.1) is 13.8 Å². The summed E-state index contributed by atoms with van der Waals surface area (Å²) in [4.78, 5) is 21.0. The van der Waals surface area contributed by atoms with E-state index in [0.29, 0.717) is 18.2 Å². The molecular weight excluding hydrogens is 288 g/mol. The fourth-order valence-electron chi connectivity index (χ4n) is 2.06. The van der Waals surface area contributed by atoms with Crippen molar-refractivity contribution in [1.82, 2.24) is 15.3 Å². The molecule has 0 aliphatic heterocycles. The number of hydrogen-bond donors (Lipinski definition) is 2. The summed E-state index contributed by atoms with van der Waals surface area (Å²) in [5, 5.41) is 6.09. The minimum Gasteiger partial charge on any atom is -0.350 e. The number of nitrogens with one attached hydrogen (secondary N) is 2. The molecule has 1 amide bonds. The van der Waals surface area contributed by atoms with E-state index in [-0.39, 0.29) is 11.4 Å². The van der Waals surface area contributed by atoms with Crippen LogP contribution >= 0.6 is 0 Å². The van der Waals surface area contributed by atoms with Crippen LogP contribution in [0.4, 0.5) is 5.95 Å². The first-order valence-electron chi connectivity index (χ1n) is 7.70. The second-order valence-electron chi connectivity index (χ2n) is 6.76. The third-order valence-electron chi connectivity index (χ3n) is 3.15. The Hall–Kier alpha value is -2.43. The Bertz CT molecular complexity index is 687. The van der Waals surface area contributed by atoms with Crippen LogP contribution < -0.4 is 10.6 Å². The highest BCUT2D eigenvalue weighted by atomic mass is 16.1. The summed E-state index contributed by atoms with van der Waals surface area (Å²) in [6.45, 7) is 10.4. The lowest BCUT2D eigenvalue weighted by Crippen LogP contribution is -2.29. The molecule has 0 fully saturated rings. The van der Waals surface area contributed by atoms with Crippen molar-refractivity contribution in [2.24, 2.45) is 0 Å². The quantitative estimate of drug-likeness (QED) is 0.909. The van der Waals surface area contributed by atoms with Gasteiger partial charge in [0.05, 0.1) is 0 Å². The van der Waals surface area contributed by atoms with E-state index in [4.69, 9.17) is 0 Å². The number of benzene rings is 1. The van der Waals surface area contributed by atoms with Gasteiger partial charge in [0.1, 0.15) is 5.69 Å². The molecule has 1 aromatic heterocycles. The zero-order valence-electron chi connectivity index (χ0n) is 14.4. The van der Waals surface area contributed by atoms with E-state index in [1.165, 1.54) is 5.56 Å². The normalized spacial score (nSPS) is 11.2. The van der Waals surface area contributed by atoms with Crippen molar-refractivity contribution in [1.29, 1.82) is 0 Å². The van der Waals surface area contributed by atoms with Crippen molar-refractivity contribution in [3.63, 3.8) is 0 Å². The maximum Gasteiger partial charge on any atom is 0.270 e. The van der Waals surface area contributed by atoms with Gasteiger partial charge >= 0.3 is 0 Å². The largest absolute Gasteiger partial charge is 0.350 e. The van der Waals surface area contributed by atoms with Crippen LogP contribution in [0.5, 0.6) is 0 Å². The van der Waals surface area contributed by atoms with Gasteiger partial charge in [0.2, 0.25) is 5.95 Å². The third-order valence-corrected chi connectivity index (χ3v) is 3.15. The standard InChI is InChI=1S/C18H24N4O/c1-12-6-8-14(9-7-12)11-19-16(23)15-10-13(2)20-17(21-15)22-18(3,4)5/h6-10H,11H2,1-5H3,(H,19,23)(H,20,21,22). The fourth-order valence-corrected chi connectivity index (χ4v) is 2.06. The topological polar surface area (TPSA) is 66.9 Å². The van der Waals surface area contributed by atoms with Crippen LogP contribution in [0.2, 0.25) is 0 Å². The monoisotopic (exact) mass is 312 g/mol. The van der Waals surface area contributed by atoms with Crippen molar-refractivity contribution in [3.8, 4) is 0 Å². The molecule has 0 spiro atoms. The Kier molecular flexibility index (Phi) is 4.98. The van der Waals surface area contributed by atoms with Gasteiger partial charge in [0, 0.05) is 17.8 Å². The molecule has 0 radical (unpaired) electrons. The smallest absolute Gasteiger partial charge is 0.270 e. The average molecular weight is 312 g/mol. The molecule has 2 aromatic rings. The lowest BCUT2D eigenvalue weighted by Gasteiger charge is -2.20. The highest BCUT2D eigenvalue weighted by molar-refractivity contribution is 5.92. The number of carbonyl (C=O) groups is 1. The molecule has 0 saturated carbocycles. The van der Waals surface area contributed by atoms with Crippen LogP contribution in [-0.4, -0.2) is 21.4 Å². The predicted octanol–water partition coefficient (Wildman–Crippen LogP) is 3.23. The molecule has 0 aliphatic rings. The number of nitrogens with zero attached hydrogens (tertiary/aromatic N) is 2. The van der Waals surface area contributed by atoms with E-state index in [1.54, 1.807) is 6.07 Å². The minimum atomic E-state index is -0.201. The number of carbonyl (C=O) groups excluding carboxylic acids is 1. The summed E-state index contributed by atoms with van der Waals surface area (Å²) in [6.07, 6.45) is 0.